The first-order valence-electron chi connectivity index (χ1n) is 7.52. The largest absolute Gasteiger partial charge is 0.373 e. The summed E-state index contributed by atoms with van der Waals surface area (Å²) in [7, 11) is 1.95. The van der Waals surface area contributed by atoms with E-state index in [1.54, 1.807) is 0 Å². The van der Waals surface area contributed by atoms with Crippen LogP contribution in [0, 0.1) is 12.3 Å². The summed E-state index contributed by atoms with van der Waals surface area (Å²) in [6.45, 7) is 9.02. The lowest BCUT2D eigenvalue weighted by Gasteiger charge is -2.33. The number of anilines is 1. The van der Waals surface area contributed by atoms with Crippen molar-refractivity contribution in [3.05, 3.63) is 17.1 Å². The standard InChI is InChI=1S/C16H27N3/c1-6-13-11(2)14(17-5)19-15(18-13)12-7-9-16(3,4)10-8-12/h12H,6-10H2,1-5H3,(H,17,18,19). The van der Waals surface area contributed by atoms with Crippen LogP contribution in [0.5, 0.6) is 0 Å². The van der Waals surface area contributed by atoms with E-state index in [4.69, 9.17) is 9.97 Å². The van der Waals surface area contributed by atoms with Crippen molar-refractivity contribution in [3.8, 4) is 0 Å². The maximum absolute atomic E-state index is 4.82. The average Bonchev–Trinajstić information content (AvgIpc) is 2.39. The van der Waals surface area contributed by atoms with Gasteiger partial charge in [0.15, 0.2) is 0 Å². The van der Waals surface area contributed by atoms with Crippen LogP contribution >= 0.6 is 0 Å². The third-order valence-electron chi connectivity index (χ3n) is 4.54. The molecule has 0 aromatic carbocycles. The topological polar surface area (TPSA) is 37.8 Å². The van der Waals surface area contributed by atoms with E-state index in [0.717, 1.165) is 18.1 Å². The number of aryl methyl sites for hydroxylation is 1. The highest BCUT2D eigenvalue weighted by Crippen LogP contribution is 2.41. The fraction of sp³-hybridized carbons (Fsp3) is 0.750. The van der Waals surface area contributed by atoms with Crippen LogP contribution in [-0.4, -0.2) is 17.0 Å². The smallest absolute Gasteiger partial charge is 0.134 e. The van der Waals surface area contributed by atoms with Gasteiger partial charge in [-0.05, 0) is 44.4 Å². The number of nitrogens with one attached hydrogen (secondary N) is 1. The van der Waals surface area contributed by atoms with Crippen LogP contribution < -0.4 is 5.32 Å². The minimum atomic E-state index is 0.501. The van der Waals surface area contributed by atoms with Gasteiger partial charge in [0.25, 0.3) is 0 Å². The Hall–Kier alpha value is -1.12. The molecule has 3 nitrogen and oxygen atoms in total. The first-order chi connectivity index (χ1) is 8.96. The van der Waals surface area contributed by atoms with E-state index in [-0.39, 0.29) is 0 Å². The highest BCUT2D eigenvalue weighted by Gasteiger charge is 2.29. The van der Waals surface area contributed by atoms with Gasteiger partial charge in [-0.1, -0.05) is 20.8 Å². The van der Waals surface area contributed by atoms with E-state index in [1.807, 2.05) is 7.05 Å². The van der Waals surface area contributed by atoms with Gasteiger partial charge in [-0.3, -0.25) is 0 Å². The van der Waals surface area contributed by atoms with Crippen molar-refractivity contribution in [1.82, 2.24) is 9.97 Å². The summed E-state index contributed by atoms with van der Waals surface area (Å²) in [6.07, 6.45) is 6.00. The number of rotatable bonds is 3. The van der Waals surface area contributed by atoms with Crippen LogP contribution in [0.2, 0.25) is 0 Å². The highest BCUT2D eigenvalue weighted by molar-refractivity contribution is 5.45. The minimum absolute atomic E-state index is 0.501. The van der Waals surface area contributed by atoms with Gasteiger partial charge in [0.1, 0.15) is 11.6 Å². The molecule has 0 spiro atoms. The summed E-state index contributed by atoms with van der Waals surface area (Å²) in [5.41, 5.74) is 2.89. The summed E-state index contributed by atoms with van der Waals surface area (Å²) in [5, 5.41) is 3.21. The van der Waals surface area contributed by atoms with Crippen molar-refractivity contribution in [1.29, 1.82) is 0 Å². The maximum atomic E-state index is 4.82. The average molecular weight is 261 g/mol. The number of aromatic nitrogens is 2. The molecule has 1 aromatic rings. The van der Waals surface area contributed by atoms with Gasteiger partial charge >= 0.3 is 0 Å². The molecule has 2 rings (SSSR count). The Balaban J connectivity index is 2.25. The van der Waals surface area contributed by atoms with Gasteiger partial charge in [0, 0.05) is 24.2 Å². The van der Waals surface area contributed by atoms with Gasteiger partial charge in [-0.15, -0.1) is 0 Å². The third-order valence-corrected chi connectivity index (χ3v) is 4.54. The van der Waals surface area contributed by atoms with Crippen molar-refractivity contribution in [2.75, 3.05) is 12.4 Å². The number of hydrogen-bond acceptors (Lipinski definition) is 3. The molecule has 1 aliphatic carbocycles. The van der Waals surface area contributed by atoms with Gasteiger partial charge in [-0.2, -0.15) is 0 Å². The second-order valence-electron chi connectivity index (χ2n) is 6.54. The molecule has 1 heterocycles. The van der Waals surface area contributed by atoms with Crippen LogP contribution in [0.3, 0.4) is 0 Å². The molecule has 1 fully saturated rings. The fourth-order valence-electron chi connectivity index (χ4n) is 3.01. The summed E-state index contributed by atoms with van der Waals surface area (Å²) in [6, 6.07) is 0. The van der Waals surface area contributed by atoms with Gasteiger partial charge in [0.2, 0.25) is 0 Å². The molecule has 1 N–H and O–H groups in total. The van der Waals surface area contributed by atoms with Crippen LogP contribution in [0.25, 0.3) is 0 Å². The molecule has 106 valence electrons. The van der Waals surface area contributed by atoms with E-state index in [9.17, 15) is 0 Å². The van der Waals surface area contributed by atoms with Crippen molar-refractivity contribution >= 4 is 5.82 Å². The van der Waals surface area contributed by atoms with Crippen LogP contribution in [0.15, 0.2) is 0 Å². The zero-order valence-corrected chi connectivity index (χ0v) is 13.0. The summed E-state index contributed by atoms with van der Waals surface area (Å²) in [4.78, 5) is 9.57. The molecule has 0 bridgehead atoms. The molecule has 3 heteroatoms. The molecule has 19 heavy (non-hydrogen) atoms. The van der Waals surface area contributed by atoms with Crippen LogP contribution in [-0.2, 0) is 6.42 Å². The lowest BCUT2D eigenvalue weighted by atomic mass is 9.73. The molecule has 0 saturated heterocycles. The molecule has 0 aliphatic heterocycles. The molecule has 0 radical (unpaired) electrons. The quantitative estimate of drug-likeness (QED) is 0.891. The third kappa shape index (κ3) is 3.07. The minimum Gasteiger partial charge on any atom is -0.373 e. The lowest BCUT2D eigenvalue weighted by molar-refractivity contribution is 0.220. The second kappa shape index (κ2) is 5.48. The molecule has 1 aromatic heterocycles. The Morgan fingerprint density at radius 2 is 1.84 bits per heavy atom. The SMILES string of the molecule is CCc1nc(C2CCC(C)(C)CC2)nc(NC)c1C. The molecule has 0 unspecified atom stereocenters. The number of nitrogens with zero attached hydrogens (tertiary/aromatic N) is 2. The van der Waals surface area contributed by atoms with E-state index in [1.165, 1.54) is 36.9 Å². The molecule has 1 saturated carbocycles. The van der Waals surface area contributed by atoms with Crippen molar-refractivity contribution < 1.29 is 0 Å². The predicted octanol–water partition coefficient (Wildman–Crippen LogP) is 4.07. The zero-order chi connectivity index (χ0) is 14.0. The highest BCUT2D eigenvalue weighted by atomic mass is 15.0. The Bertz CT molecular complexity index is 416. The van der Waals surface area contributed by atoms with Gasteiger partial charge in [0.05, 0.1) is 0 Å². The lowest BCUT2D eigenvalue weighted by Crippen LogP contribution is -2.22. The monoisotopic (exact) mass is 261 g/mol. The second-order valence-corrected chi connectivity index (χ2v) is 6.54. The van der Waals surface area contributed by atoms with E-state index >= 15 is 0 Å². The first kappa shape index (κ1) is 14.3. The number of hydrogen-bond donors (Lipinski definition) is 1. The van der Waals surface area contributed by atoms with E-state index < -0.39 is 0 Å². The normalized spacial score (nSPS) is 19.4. The van der Waals surface area contributed by atoms with Crippen molar-refractivity contribution in [2.24, 2.45) is 5.41 Å². The van der Waals surface area contributed by atoms with Crippen molar-refractivity contribution in [2.45, 2.75) is 65.7 Å². The summed E-state index contributed by atoms with van der Waals surface area (Å²) in [5.74, 6) is 2.61. The van der Waals surface area contributed by atoms with Gasteiger partial charge < -0.3 is 5.32 Å². The van der Waals surface area contributed by atoms with E-state index in [2.05, 4.69) is 33.0 Å². The molecular formula is C16H27N3. The Morgan fingerprint density at radius 1 is 1.21 bits per heavy atom. The Kier molecular flexibility index (Phi) is 4.12. The predicted molar refractivity (Wildman–Crippen MR) is 80.7 cm³/mol. The van der Waals surface area contributed by atoms with Gasteiger partial charge in [-0.25, -0.2) is 9.97 Å². The molecular weight excluding hydrogens is 234 g/mol. The van der Waals surface area contributed by atoms with Crippen LogP contribution in [0.1, 0.15) is 69.5 Å². The zero-order valence-electron chi connectivity index (χ0n) is 13.0. The fourth-order valence-corrected chi connectivity index (χ4v) is 3.01. The molecule has 0 atom stereocenters. The van der Waals surface area contributed by atoms with Crippen molar-refractivity contribution in [3.63, 3.8) is 0 Å². The van der Waals surface area contributed by atoms with Crippen LogP contribution in [0.4, 0.5) is 5.82 Å². The summed E-state index contributed by atoms with van der Waals surface area (Å²) < 4.78 is 0. The molecule has 1 aliphatic rings. The summed E-state index contributed by atoms with van der Waals surface area (Å²) >= 11 is 0. The maximum Gasteiger partial charge on any atom is 0.134 e. The van der Waals surface area contributed by atoms with E-state index in [0.29, 0.717) is 11.3 Å². The Morgan fingerprint density at radius 3 is 2.37 bits per heavy atom. The molecule has 0 amide bonds. The Labute approximate surface area is 117 Å². The first-order valence-corrected chi connectivity index (χ1v) is 7.52.